The van der Waals surface area contributed by atoms with Crippen LogP contribution in [-0.4, -0.2) is 19.9 Å². The number of nitro benzene ring substituents is 1. The molecule has 0 spiro atoms. The van der Waals surface area contributed by atoms with Crippen molar-refractivity contribution in [3.63, 3.8) is 0 Å². The topological polar surface area (TPSA) is 80.5 Å². The maximum atomic E-state index is 12.9. The van der Waals surface area contributed by atoms with Gasteiger partial charge in [0, 0.05) is 6.07 Å². The molecule has 0 fully saturated rings. The molecule has 0 heterocycles. The molecule has 0 saturated carbocycles. The van der Waals surface area contributed by atoms with Gasteiger partial charge in [0.15, 0.2) is 0 Å². The van der Waals surface area contributed by atoms with Crippen molar-refractivity contribution in [3.8, 4) is 0 Å². The van der Waals surface area contributed by atoms with Crippen LogP contribution in [0.4, 0.5) is 11.4 Å². The molecule has 0 aliphatic rings. The van der Waals surface area contributed by atoms with Crippen LogP contribution >= 0.6 is 0 Å². The minimum absolute atomic E-state index is 0.0131. The maximum absolute atomic E-state index is 12.9. The van der Waals surface area contributed by atoms with Crippen LogP contribution in [0.25, 0.3) is 0 Å². The second-order valence-corrected chi connectivity index (χ2v) is 6.68. The molecular weight excluding hydrogens is 316 g/mol. The molecule has 0 unspecified atom stereocenters. The Labute approximate surface area is 134 Å². The number of nitrogens with zero attached hydrogens (tertiary/aromatic N) is 2. The molecule has 7 heteroatoms. The van der Waals surface area contributed by atoms with E-state index in [1.807, 2.05) is 0 Å². The highest BCUT2D eigenvalue weighted by Crippen LogP contribution is 2.31. The lowest BCUT2D eigenvalue weighted by molar-refractivity contribution is -0.385. The lowest BCUT2D eigenvalue weighted by Gasteiger charge is -2.24. The van der Waals surface area contributed by atoms with Gasteiger partial charge in [0.2, 0.25) is 0 Å². The number of benzene rings is 2. The van der Waals surface area contributed by atoms with Crippen molar-refractivity contribution in [3.05, 3.63) is 76.9 Å². The summed E-state index contributed by atoms with van der Waals surface area (Å²) in [6, 6.07) is 12.3. The van der Waals surface area contributed by atoms with Gasteiger partial charge in [-0.1, -0.05) is 30.3 Å². The van der Waals surface area contributed by atoms with Crippen LogP contribution in [-0.2, 0) is 10.0 Å². The lowest BCUT2D eigenvalue weighted by Crippen LogP contribution is -2.31. The summed E-state index contributed by atoms with van der Waals surface area (Å²) in [5.74, 6) is 0. The third kappa shape index (κ3) is 3.24. The van der Waals surface area contributed by atoms with Crippen molar-refractivity contribution < 1.29 is 13.3 Å². The van der Waals surface area contributed by atoms with Crippen LogP contribution in [0.3, 0.4) is 0 Å². The summed E-state index contributed by atoms with van der Waals surface area (Å²) in [4.78, 5) is 10.7. The van der Waals surface area contributed by atoms with Crippen LogP contribution in [0.2, 0.25) is 0 Å². The fourth-order valence-electron chi connectivity index (χ4n) is 2.24. The first-order valence-corrected chi connectivity index (χ1v) is 8.26. The largest absolute Gasteiger partial charge is 0.274 e. The molecule has 6 nitrogen and oxygen atoms in total. The summed E-state index contributed by atoms with van der Waals surface area (Å²) in [6.07, 6.45) is 1.44. The van der Waals surface area contributed by atoms with E-state index in [4.69, 9.17) is 0 Å². The number of hydrogen-bond donors (Lipinski definition) is 0. The third-order valence-electron chi connectivity index (χ3n) is 3.37. The van der Waals surface area contributed by atoms with Crippen LogP contribution in [0.5, 0.6) is 0 Å². The third-order valence-corrected chi connectivity index (χ3v) is 5.16. The first-order chi connectivity index (χ1) is 10.9. The zero-order valence-electron chi connectivity index (χ0n) is 12.5. The Morgan fingerprint density at radius 1 is 1.17 bits per heavy atom. The highest BCUT2D eigenvalue weighted by Gasteiger charge is 2.27. The summed E-state index contributed by atoms with van der Waals surface area (Å²) in [7, 11) is -3.84. The Morgan fingerprint density at radius 3 is 2.39 bits per heavy atom. The molecule has 120 valence electrons. The predicted molar refractivity (Wildman–Crippen MR) is 89.0 cm³/mol. The Balaban J connectivity index is 2.63. The molecule has 0 aliphatic heterocycles. The highest BCUT2D eigenvalue weighted by atomic mass is 32.2. The second kappa shape index (κ2) is 6.62. The van der Waals surface area contributed by atoms with Gasteiger partial charge < -0.3 is 0 Å². The van der Waals surface area contributed by atoms with E-state index in [1.165, 1.54) is 37.3 Å². The molecule has 0 N–H and O–H groups in total. The molecule has 0 saturated heterocycles. The minimum Gasteiger partial charge on any atom is -0.262 e. The van der Waals surface area contributed by atoms with Crippen LogP contribution in [0.1, 0.15) is 5.56 Å². The van der Waals surface area contributed by atoms with Gasteiger partial charge in [-0.05, 0) is 25.1 Å². The van der Waals surface area contributed by atoms with Crippen molar-refractivity contribution in [1.82, 2.24) is 0 Å². The molecule has 0 aliphatic carbocycles. The first kappa shape index (κ1) is 16.7. The zero-order chi connectivity index (χ0) is 17.0. The molecular formula is C16H16N2O4S. The fourth-order valence-corrected chi connectivity index (χ4v) is 3.76. The SMILES string of the molecule is C=CCN(c1cccc([N+](=O)[O-])c1C)S(=O)(=O)c1ccccc1. The van der Waals surface area contributed by atoms with Crippen LogP contribution in [0, 0.1) is 17.0 Å². The Morgan fingerprint density at radius 2 is 1.83 bits per heavy atom. The van der Waals surface area contributed by atoms with E-state index in [9.17, 15) is 18.5 Å². The van der Waals surface area contributed by atoms with Gasteiger partial charge in [-0.15, -0.1) is 6.58 Å². The highest BCUT2D eigenvalue weighted by molar-refractivity contribution is 7.92. The number of hydrogen-bond acceptors (Lipinski definition) is 4. The summed E-state index contributed by atoms with van der Waals surface area (Å²) in [5.41, 5.74) is 0.432. The molecule has 2 aromatic rings. The van der Waals surface area contributed by atoms with Gasteiger partial charge in [-0.25, -0.2) is 8.42 Å². The smallest absolute Gasteiger partial charge is 0.262 e. The fraction of sp³-hybridized carbons (Fsp3) is 0.125. The van der Waals surface area contributed by atoms with Gasteiger partial charge >= 0.3 is 0 Å². The van der Waals surface area contributed by atoms with Crippen LogP contribution < -0.4 is 4.31 Å². The van der Waals surface area contributed by atoms with Gasteiger partial charge in [0.25, 0.3) is 15.7 Å². The van der Waals surface area contributed by atoms with E-state index in [1.54, 1.807) is 24.3 Å². The van der Waals surface area contributed by atoms with Crippen LogP contribution in [0.15, 0.2) is 66.1 Å². The monoisotopic (exact) mass is 332 g/mol. The number of anilines is 1. The Bertz CT molecular complexity index is 832. The van der Waals surface area contributed by atoms with E-state index in [0.29, 0.717) is 5.56 Å². The molecule has 0 atom stereocenters. The Hall–Kier alpha value is -2.67. The molecule has 0 bridgehead atoms. The summed E-state index contributed by atoms with van der Waals surface area (Å²) in [5, 5.41) is 11.1. The zero-order valence-corrected chi connectivity index (χ0v) is 13.4. The molecule has 0 radical (unpaired) electrons. The van der Waals surface area contributed by atoms with E-state index in [2.05, 4.69) is 6.58 Å². The van der Waals surface area contributed by atoms with Crippen molar-refractivity contribution in [2.45, 2.75) is 11.8 Å². The summed E-state index contributed by atoms with van der Waals surface area (Å²) < 4.78 is 26.9. The van der Waals surface area contributed by atoms with Gasteiger partial charge in [0.05, 0.1) is 27.6 Å². The van der Waals surface area contributed by atoms with Gasteiger partial charge in [0.1, 0.15) is 0 Å². The quantitative estimate of drug-likeness (QED) is 0.462. The minimum atomic E-state index is -3.84. The average molecular weight is 332 g/mol. The van der Waals surface area contributed by atoms with E-state index in [-0.39, 0.29) is 22.8 Å². The molecule has 0 amide bonds. The second-order valence-electron chi connectivity index (χ2n) is 4.82. The molecule has 2 aromatic carbocycles. The van der Waals surface area contributed by atoms with E-state index >= 15 is 0 Å². The summed E-state index contributed by atoms with van der Waals surface area (Å²) >= 11 is 0. The first-order valence-electron chi connectivity index (χ1n) is 6.82. The molecule has 23 heavy (non-hydrogen) atoms. The van der Waals surface area contributed by atoms with Crippen molar-refractivity contribution in [2.24, 2.45) is 0 Å². The van der Waals surface area contributed by atoms with Crippen molar-refractivity contribution in [1.29, 1.82) is 0 Å². The molecule has 2 rings (SSSR count). The summed E-state index contributed by atoms with van der Waals surface area (Å²) in [6.45, 7) is 5.13. The van der Waals surface area contributed by atoms with Gasteiger partial charge in [-0.2, -0.15) is 0 Å². The van der Waals surface area contributed by atoms with Gasteiger partial charge in [-0.3, -0.25) is 14.4 Å². The number of rotatable bonds is 6. The number of sulfonamides is 1. The van der Waals surface area contributed by atoms with E-state index in [0.717, 1.165) is 4.31 Å². The lowest BCUT2D eigenvalue weighted by atomic mass is 10.1. The standard InChI is InChI=1S/C16H16N2O4S/c1-3-12-17(23(21,22)14-8-5-4-6-9-14)15-10-7-11-16(13(15)2)18(19)20/h3-11H,1,12H2,2H3. The molecule has 0 aromatic heterocycles. The number of nitro groups is 1. The predicted octanol–water partition coefficient (Wildman–Crippen LogP) is 3.28. The van der Waals surface area contributed by atoms with Crippen molar-refractivity contribution in [2.75, 3.05) is 10.8 Å². The average Bonchev–Trinajstić information content (AvgIpc) is 2.53. The van der Waals surface area contributed by atoms with E-state index < -0.39 is 14.9 Å². The maximum Gasteiger partial charge on any atom is 0.274 e. The van der Waals surface area contributed by atoms with Crippen molar-refractivity contribution >= 4 is 21.4 Å². The normalized spacial score (nSPS) is 11.0. The Kier molecular flexibility index (Phi) is 4.80.